The van der Waals surface area contributed by atoms with E-state index in [2.05, 4.69) is 44.3 Å². The topological polar surface area (TPSA) is 30.5 Å². The highest BCUT2D eigenvalue weighted by Gasteiger charge is 2.30. The lowest BCUT2D eigenvalue weighted by Crippen LogP contribution is -2.40. The standard InChI is InChI=1S/C15H23NO2/c1-5-16-14(15(2,3)17-4)12-6-7-13-11(10-12)8-9-18-13/h6-7,10,14,16H,5,8-9H2,1-4H3. The summed E-state index contributed by atoms with van der Waals surface area (Å²) in [5.41, 5.74) is 2.35. The van der Waals surface area contributed by atoms with Gasteiger partial charge in [0.05, 0.1) is 18.2 Å². The van der Waals surface area contributed by atoms with E-state index in [1.807, 2.05) is 0 Å². The van der Waals surface area contributed by atoms with E-state index in [4.69, 9.17) is 9.47 Å². The highest BCUT2D eigenvalue weighted by Crippen LogP contribution is 2.33. The summed E-state index contributed by atoms with van der Waals surface area (Å²) in [6.07, 6.45) is 1.01. The fraction of sp³-hybridized carbons (Fsp3) is 0.600. The average Bonchev–Trinajstić information content (AvgIpc) is 2.82. The van der Waals surface area contributed by atoms with Crippen molar-refractivity contribution in [3.05, 3.63) is 29.3 Å². The molecule has 1 aromatic carbocycles. The normalized spacial score (nSPS) is 16.2. The van der Waals surface area contributed by atoms with Gasteiger partial charge in [0.15, 0.2) is 0 Å². The maximum Gasteiger partial charge on any atom is 0.122 e. The van der Waals surface area contributed by atoms with Gasteiger partial charge in [-0.3, -0.25) is 0 Å². The summed E-state index contributed by atoms with van der Waals surface area (Å²) in [5.74, 6) is 1.03. The Morgan fingerprint density at radius 1 is 1.44 bits per heavy atom. The van der Waals surface area contributed by atoms with Crippen molar-refractivity contribution < 1.29 is 9.47 Å². The number of fused-ring (bicyclic) bond motifs is 1. The van der Waals surface area contributed by atoms with Crippen LogP contribution in [0.1, 0.15) is 37.9 Å². The van der Waals surface area contributed by atoms with Crippen LogP contribution < -0.4 is 10.1 Å². The lowest BCUT2D eigenvalue weighted by Gasteiger charge is -2.34. The Kier molecular flexibility index (Phi) is 3.93. The second kappa shape index (κ2) is 5.29. The first-order valence-electron chi connectivity index (χ1n) is 6.62. The SMILES string of the molecule is CCNC(c1ccc2c(c1)CCO2)C(C)(C)OC. The molecular weight excluding hydrogens is 226 g/mol. The fourth-order valence-electron chi connectivity index (χ4n) is 2.47. The van der Waals surface area contributed by atoms with Crippen molar-refractivity contribution in [2.75, 3.05) is 20.3 Å². The Labute approximate surface area is 109 Å². The maximum absolute atomic E-state index is 5.63. The van der Waals surface area contributed by atoms with Crippen LogP contribution in [-0.2, 0) is 11.2 Å². The lowest BCUT2D eigenvalue weighted by molar-refractivity contribution is -0.0107. The third-order valence-corrected chi connectivity index (χ3v) is 3.68. The monoisotopic (exact) mass is 249 g/mol. The zero-order valence-electron chi connectivity index (χ0n) is 11.7. The Hall–Kier alpha value is -1.06. The minimum absolute atomic E-state index is 0.193. The molecule has 0 aromatic heterocycles. The predicted octanol–water partition coefficient (Wildman–Crippen LogP) is 2.70. The van der Waals surface area contributed by atoms with E-state index in [9.17, 15) is 0 Å². The molecule has 0 aliphatic carbocycles. The molecular formula is C15H23NO2. The molecule has 0 spiro atoms. The van der Waals surface area contributed by atoms with Crippen LogP contribution >= 0.6 is 0 Å². The number of likely N-dealkylation sites (N-methyl/N-ethyl adjacent to an activating group) is 1. The molecule has 1 atom stereocenters. The second-order valence-electron chi connectivity index (χ2n) is 5.26. The molecule has 1 aliphatic heterocycles. The smallest absolute Gasteiger partial charge is 0.122 e. The second-order valence-corrected chi connectivity index (χ2v) is 5.26. The predicted molar refractivity (Wildman–Crippen MR) is 73.1 cm³/mol. The quantitative estimate of drug-likeness (QED) is 0.870. The number of benzene rings is 1. The van der Waals surface area contributed by atoms with Crippen LogP contribution in [0.2, 0.25) is 0 Å². The third-order valence-electron chi connectivity index (χ3n) is 3.68. The van der Waals surface area contributed by atoms with Crippen molar-refractivity contribution in [2.45, 2.75) is 38.8 Å². The van der Waals surface area contributed by atoms with Gasteiger partial charge in [0.2, 0.25) is 0 Å². The van der Waals surface area contributed by atoms with Crippen LogP contribution in [0.5, 0.6) is 5.75 Å². The maximum atomic E-state index is 5.63. The van der Waals surface area contributed by atoms with Gasteiger partial charge in [0, 0.05) is 13.5 Å². The van der Waals surface area contributed by atoms with Crippen LogP contribution in [-0.4, -0.2) is 25.9 Å². The van der Waals surface area contributed by atoms with E-state index >= 15 is 0 Å². The number of methoxy groups -OCH3 is 1. The van der Waals surface area contributed by atoms with Crippen molar-refractivity contribution >= 4 is 0 Å². The van der Waals surface area contributed by atoms with Crippen LogP contribution in [0, 0.1) is 0 Å². The van der Waals surface area contributed by atoms with Gasteiger partial charge < -0.3 is 14.8 Å². The Balaban J connectivity index is 2.31. The number of hydrogen-bond acceptors (Lipinski definition) is 3. The summed E-state index contributed by atoms with van der Waals surface area (Å²) in [7, 11) is 1.76. The molecule has 0 saturated heterocycles. The molecule has 0 fully saturated rings. The van der Waals surface area contributed by atoms with Crippen LogP contribution in [0.15, 0.2) is 18.2 Å². The van der Waals surface area contributed by atoms with Crippen molar-refractivity contribution in [3.63, 3.8) is 0 Å². The minimum atomic E-state index is -0.232. The van der Waals surface area contributed by atoms with Crippen LogP contribution in [0.4, 0.5) is 0 Å². The van der Waals surface area contributed by atoms with Gasteiger partial charge >= 0.3 is 0 Å². The fourth-order valence-corrected chi connectivity index (χ4v) is 2.47. The molecule has 3 heteroatoms. The van der Waals surface area contributed by atoms with Gasteiger partial charge in [-0.05, 0) is 37.6 Å². The zero-order valence-corrected chi connectivity index (χ0v) is 11.7. The molecule has 100 valence electrons. The molecule has 1 heterocycles. The summed E-state index contributed by atoms with van der Waals surface area (Å²) in [6, 6.07) is 6.65. The Morgan fingerprint density at radius 3 is 2.89 bits per heavy atom. The first-order chi connectivity index (χ1) is 8.58. The van der Waals surface area contributed by atoms with Crippen molar-refractivity contribution in [3.8, 4) is 5.75 Å². The van der Waals surface area contributed by atoms with Gasteiger partial charge in [0.25, 0.3) is 0 Å². The van der Waals surface area contributed by atoms with E-state index in [1.54, 1.807) is 7.11 Å². The number of nitrogens with one attached hydrogen (secondary N) is 1. The van der Waals surface area contributed by atoms with Crippen LogP contribution in [0.25, 0.3) is 0 Å². The van der Waals surface area contributed by atoms with Crippen molar-refractivity contribution in [2.24, 2.45) is 0 Å². The van der Waals surface area contributed by atoms with E-state index in [0.29, 0.717) is 0 Å². The number of ether oxygens (including phenoxy) is 2. The molecule has 3 nitrogen and oxygen atoms in total. The summed E-state index contributed by atoms with van der Waals surface area (Å²) < 4.78 is 11.2. The largest absolute Gasteiger partial charge is 0.493 e. The average molecular weight is 249 g/mol. The zero-order chi connectivity index (χ0) is 13.2. The van der Waals surface area contributed by atoms with Gasteiger partial charge in [-0.25, -0.2) is 0 Å². The number of rotatable bonds is 5. The van der Waals surface area contributed by atoms with E-state index in [0.717, 1.165) is 25.3 Å². The molecule has 2 rings (SSSR count). The number of hydrogen-bond donors (Lipinski definition) is 1. The summed E-state index contributed by atoms with van der Waals surface area (Å²) in [5, 5.41) is 3.52. The minimum Gasteiger partial charge on any atom is -0.493 e. The van der Waals surface area contributed by atoms with Gasteiger partial charge in [-0.15, -0.1) is 0 Å². The molecule has 18 heavy (non-hydrogen) atoms. The lowest BCUT2D eigenvalue weighted by atomic mass is 9.90. The molecule has 0 saturated carbocycles. The van der Waals surface area contributed by atoms with Gasteiger partial charge in [0.1, 0.15) is 5.75 Å². The highest BCUT2D eigenvalue weighted by atomic mass is 16.5. The van der Waals surface area contributed by atoms with Gasteiger partial charge in [-0.2, -0.15) is 0 Å². The summed E-state index contributed by atoms with van der Waals surface area (Å²) in [4.78, 5) is 0. The highest BCUT2D eigenvalue weighted by molar-refractivity contribution is 5.41. The molecule has 0 radical (unpaired) electrons. The molecule has 1 aliphatic rings. The molecule has 1 unspecified atom stereocenters. The van der Waals surface area contributed by atoms with E-state index in [1.165, 1.54) is 11.1 Å². The molecule has 1 aromatic rings. The Morgan fingerprint density at radius 2 is 2.22 bits per heavy atom. The van der Waals surface area contributed by atoms with Crippen molar-refractivity contribution in [1.82, 2.24) is 5.32 Å². The van der Waals surface area contributed by atoms with Gasteiger partial charge in [-0.1, -0.05) is 19.1 Å². The van der Waals surface area contributed by atoms with E-state index in [-0.39, 0.29) is 11.6 Å². The molecule has 0 amide bonds. The first-order valence-corrected chi connectivity index (χ1v) is 6.62. The first kappa shape index (κ1) is 13.4. The summed E-state index contributed by atoms with van der Waals surface area (Å²) in [6.45, 7) is 8.08. The van der Waals surface area contributed by atoms with E-state index < -0.39 is 0 Å². The Bertz CT molecular complexity index is 415. The van der Waals surface area contributed by atoms with Crippen LogP contribution in [0.3, 0.4) is 0 Å². The molecule has 0 bridgehead atoms. The molecule has 1 N–H and O–H groups in total. The van der Waals surface area contributed by atoms with Crippen molar-refractivity contribution in [1.29, 1.82) is 0 Å². The summed E-state index contributed by atoms with van der Waals surface area (Å²) >= 11 is 0. The third kappa shape index (κ3) is 2.52.